The Morgan fingerprint density at radius 1 is 1.48 bits per heavy atom. The monoisotopic (exact) mass is 310 g/mol. The second kappa shape index (κ2) is 6.70. The van der Waals surface area contributed by atoms with Gasteiger partial charge in [0.25, 0.3) is 0 Å². The Morgan fingerprint density at radius 3 is 2.76 bits per heavy atom. The maximum atomic E-state index is 12.1. The van der Waals surface area contributed by atoms with Crippen molar-refractivity contribution < 1.29 is 13.5 Å². The molecule has 0 aliphatic heterocycles. The molecule has 1 aromatic carbocycles. The topological polar surface area (TPSA) is 92.4 Å². The molecule has 0 saturated heterocycles. The molecule has 2 rings (SSSR count). The molecular weight excluding hydrogens is 288 g/mol. The van der Waals surface area contributed by atoms with Crippen molar-refractivity contribution in [1.82, 2.24) is 4.72 Å². The van der Waals surface area contributed by atoms with Gasteiger partial charge >= 0.3 is 0 Å². The van der Waals surface area contributed by atoms with Gasteiger partial charge in [-0.2, -0.15) is 0 Å². The second-order valence-electron chi connectivity index (χ2n) is 5.40. The quantitative estimate of drug-likeness (QED) is 0.710. The standard InChI is InChI=1S/C15H22N2O3S/c1-11(16)15-10-14(21(19,20)17-8-9-18)7-6-13(15)5-4-12-2-3-12/h4-7,10-12,17-18H,2-3,8-9,16H2,1H3/b5-4+/t11-/m1/s1. The summed E-state index contributed by atoms with van der Waals surface area (Å²) in [5.74, 6) is 0.653. The third kappa shape index (κ3) is 4.38. The number of nitrogens with two attached hydrogens (primary N) is 1. The molecular formula is C15H22N2O3S. The van der Waals surface area contributed by atoms with Gasteiger partial charge in [-0.15, -0.1) is 0 Å². The zero-order valence-corrected chi connectivity index (χ0v) is 12.9. The molecule has 1 atom stereocenters. The van der Waals surface area contributed by atoms with Crippen LogP contribution in [0.1, 0.15) is 36.9 Å². The van der Waals surface area contributed by atoms with Crippen LogP contribution in [0, 0.1) is 5.92 Å². The SMILES string of the molecule is C[C@@H](N)c1cc(S(=O)(=O)NCCO)ccc1/C=C/C1CC1. The first-order chi connectivity index (χ1) is 9.94. The van der Waals surface area contributed by atoms with Crippen LogP contribution >= 0.6 is 0 Å². The van der Waals surface area contributed by atoms with Gasteiger partial charge in [-0.25, -0.2) is 13.1 Å². The third-order valence-electron chi connectivity index (χ3n) is 3.43. The minimum absolute atomic E-state index is 0.000814. The fourth-order valence-corrected chi connectivity index (χ4v) is 3.11. The average Bonchev–Trinajstić information content (AvgIpc) is 3.26. The van der Waals surface area contributed by atoms with Crippen molar-refractivity contribution in [1.29, 1.82) is 0 Å². The van der Waals surface area contributed by atoms with Crippen LogP contribution in [0.2, 0.25) is 0 Å². The normalized spacial score (nSPS) is 17.3. The Morgan fingerprint density at radius 2 is 2.19 bits per heavy atom. The van der Waals surface area contributed by atoms with Crippen LogP contribution in [0.3, 0.4) is 0 Å². The van der Waals surface area contributed by atoms with Crippen molar-refractivity contribution in [2.24, 2.45) is 11.7 Å². The van der Waals surface area contributed by atoms with E-state index in [1.807, 2.05) is 13.0 Å². The van der Waals surface area contributed by atoms with Crippen molar-refractivity contribution in [3.05, 3.63) is 35.4 Å². The summed E-state index contributed by atoms with van der Waals surface area (Å²) < 4.78 is 26.5. The molecule has 0 aromatic heterocycles. The lowest BCUT2D eigenvalue weighted by Crippen LogP contribution is -2.27. The van der Waals surface area contributed by atoms with Crippen LogP contribution in [0.15, 0.2) is 29.2 Å². The van der Waals surface area contributed by atoms with Gasteiger partial charge in [0, 0.05) is 12.6 Å². The molecule has 0 bridgehead atoms. The van der Waals surface area contributed by atoms with E-state index < -0.39 is 10.0 Å². The molecule has 1 aliphatic rings. The van der Waals surface area contributed by atoms with Gasteiger partial charge in [0.15, 0.2) is 0 Å². The van der Waals surface area contributed by atoms with E-state index in [2.05, 4.69) is 10.8 Å². The zero-order chi connectivity index (χ0) is 15.5. The van der Waals surface area contributed by atoms with Crippen molar-refractivity contribution >= 4 is 16.1 Å². The van der Waals surface area contributed by atoms with E-state index in [1.54, 1.807) is 18.2 Å². The van der Waals surface area contributed by atoms with Gasteiger partial charge in [0.1, 0.15) is 0 Å². The minimum Gasteiger partial charge on any atom is -0.395 e. The first kappa shape index (κ1) is 16.2. The molecule has 0 unspecified atom stereocenters. The number of hydrogen-bond acceptors (Lipinski definition) is 4. The Bertz CT molecular complexity index is 620. The van der Waals surface area contributed by atoms with Gasteiger partial charge in [0.05, 0.1) is 11.5 Å². The molecule has 1 fully saturated rings. The van der Waals surface area contributed by atoms with Gasteiger partial charge in [-0.3, -0.25) is 0 Å². The van der Waals surface area contributed by atoms with E-state index in [9.17, 15) is 8.42 Å². The fraction of sp³-hybridized carbons (Fsp3) is 0.467. The summed E-state index contributed by atoms with van der Waals surface area (Å²) in [5, 5.41) is 8.74. The maximum Gasteiger partial charge on any atom is 0.240 e. The third-order valence-corrected chi connectivity index (χ3v) is 4.89. The number of sulfonamides is 1. The van der Waals surface area contributed by atoms with Crippen LogP contribution in [-0.4, -0.2) is 26.7 Å². The van der Waals surface area contributed by atoms with E-state index in [1.165, 1.54) is 12.8 Å². The highest BCUT2D eigenvalue weighted by Crippen LogP contribution is 2.31. The maximum absolute atomic E-state index is 12.1. The number of allylic oxidation sites excluding steroid dienone is 1. The van der Waals surface area contributed by atoms with Gasteiger partial charge < -0.3 is 10.8 Å². The Labute approximate surface area is 125 Å². The first-order valence-corrected chi connectivity index (χ1v) is 8.60. The zero-order valence-electron chi connectivity index (χ0n) is 12.1. The number of rotatable bonds is 7. The molecule has 116 valence electrons. The lowest BCUT2D eigenvalue weighted by molar-refractivity contribution is 0.301. The summed E-state index contributed by atoms with van der Waals surface area (Å²) in [7, 11) is -3.60. The molecule has 0 amide bonds. The van der Waals surface area contributed by atoms with Crippen LogP contribution in [0.25, 0.3) is 6.08 Å². The second-order valence-corrected chi connectivity index (χ2v) is 7.16. The molecule has 5 nitrogen and oxygen atoms in total. The summed E-state index contributed by atoms with van der Waals surface area (Å²) in [6.45, 7) is 1.60. The Kier molecular flexibility index (Phi) is 5.16. The highest BCUT2D eigenvalue weighted by Gasteiger charge is 2.19. The van der Waals surface area contributed by atoms with Crippen LogP contribution in [0.5, 0.6) is 0 Å². The van der Waals surface area contributed by atoms with E-state index >= 15 is 0 Å². The summed E-state index contributed by atoms with van der Waals surface area (Å²) in [4.78, 5) is 0.173. The lowest BCUT2D eigenvalue weighted by Gasteiger charge is -2.13. The molecule has 0 heterocycles. The molecule has 1 saturated carbocycles. The predicted octanol–water partition coefficient (Wildman–Crippen LogP) is 1.40. The van der Waals surface area contributed by atoms with Crippen molar-refractivity contribution in [3.8, 4) is 0 Å². The van der Waals surface area contributed by atoms with E-state index in [-0.39, 0.29) is 24.1 Å². The summed E-state index contributed by atoms with van der Waals surface area (Å²) in [6, 6.07) is 4.71. The summed E-state index contributed by atoms with van der Waals surface area (Å²) >= 11 is 0. The van der Waals surface area contributed by atoms with Crippen molar-refractivity contribution in [2.75, 3.05) is 13.2 Å². The molecule has 1 aliphatic carbocycles. The van der Waals surface area contributed by atoms with Crippen molar-refractivity contribution in [3.63, 3.8) is 0 Å². The van der Waals surface area contributed by atoms with Crippen molar-refractivity contribution in [2.45, 2.75) is 30.7 Å². The Balaban J connectivity index is 2.31. The molecule has 1 aromatic rings. The summed E-state index contributed by atoms with van der Waals surface area (Å²) in [5.41, 5.74) is 7.72. The highest BCUT2D eigenvalue weighted by molar-refractivity contribution is 7.89. The van der Waals surface area contributed by atoms with E-state index in [0.717, 1.165) is 11.1 Å². The van der Waals surface area contributed by atoms with Crippen LogP contribution < -0.4 is 10.5 Å². The highest BCUT2D eigenvalue weighted by atomic mass is 32.2. The van der Waals surface area contributed by atoms with Crippen LogP contribution in [-0.2, 0) is 10.0 Å². The molecule has 4 N–H and O–H groups in total. The number of aliphatic hydroxyl groups is 1. The van der Waals surface area contributed by atoms with Gasteiger partial charge in [-0.1, -0.05) is 18.2 Å². The van der Waals surface area contributed by atoms with E-state index in [4.69, 9.17) is 10.8 Å². The van der Waals surface area contributed by atoms with E-state index in [0.29, 0.717) is 5.92 Å². The number of benzene rings is 1. The van der Waals surface area contributed by atoms with Gasteiger partial charge in [0.2, 0.25) is 10.0 Å². The molecule has 0 radical (unpaired) electrons. The fourth-order valence-electron chi connectivity index (χ4n) is 2.06. The molecule has 21 heavy (non-hydrogen) atoms. The lowest BCUT2D eigenvalue weighted by atomic mass is 10.0. The first-order valence-electron chi connectivity index (χ1n) is 7.12. The predicted molar refractivity (Wildman–Crippen MR) is 83.1 cm³/mol. The summed E-state index contributed by atoms with van der Waals surface area (Å²) in [6.07, 6.45) is 6.62. The van der Waals surface area contributed by atoms with Crippen LogP contribution in [0.4, 0.5) is 0 Å². The smallest absolute Gasteiger partial charge is 0.240 e. The average molecular weight is 310 g/mol. The minimum atomic E-state index is -3.60. The number of nitrogens with one attached hydrogen (secondary N) is 1. The molecule has 0 spiro atoms. The Hall–Kier alpha value is -1.21. The van der Waals surface area contributed by atoms with Gasteiger partial charge in [-0.05, 0) is 48.9 Å². The number of hydrogen-bond donors (Lipinski definition) is 3. The largest absolute Gasteiger partial charge is 0.395 e. The molecule has 6 heteroatoms. The number of aliphatic hydroxyl groups excluding tert-OH is 1.